The average Bonchev–Trinajstić information content (AvgIpc) is 2.35. The van der Waals surface area contributed by atoms with Crippen molar-refractivity contribution >= 4 is 7.75 Å². The molecule has 0 spiro atoms. The van der Waals surface area contributed by atoms with E-state index in [1.807, 2.05) is 0 Å². The summed E-state index contributed by atoms with van der Waals surface area (Å²) in [4.78, 5) is 0. The minimum absolute atomic E-state index is 0.0246. The van der Waals surface area contributed by atoms with E-state index in [1.165, 1.54) is 26.1 Å². The summed E-state index contributed by atoms with van der Waals surface area (Å²) in [6.07, 6.45) is -11.7. The molecule has 0 heterocycles. The Hall–Kier alpha value is -0.350. The van der Waals surface area contributed by atoms with Crippen molar-refractivity contribution in [3.8, 4) is 0 Å². The van der Waals surface area contributed by atoms with E-state index in [0.29, 0.717) is 0 Å². The highest BCUT2D eigenvalue weighted by Crippen LogP contribution is 2.52. The fraction of sp³-hybridized carbons (Fsp3) is 1.00. The Bertz CT molecular complexity index is 392. The van der Waals surface area contributed by atoms with Crippen LogP contribution in [0.3, 0.4) is 0 Å². The first-order chi connectivity index (χ1) is 10.3. The van der Waals surface area contributed by atoms with Gasteiger partial charge in [0.15, 0.2) is 0 Å². The molecule has 0 radical (unpaired) electrons. The first-order valence-electron chi connectivity index (χ1n) is 6.88. The standard InChI is InChI=1S/C11H21F6N2O3P/c1-5-8(4)18-9(10(12,13)14,11(15,16)17)19-23(20,21-6-2)22-7-3/h8,18H,5-7H2,1-4H3,(H,19,20). The molecule has 0 fully saturated rings. The smallest absolute Gasteiger partial charge is 0.297 e. The molecule has 23 heavy (non-hydrogen) atoms. The molecule has 0 saturated carbocycles. The lowest BCUT2D eigenvalue weighted by Gasteiger charge is -2.41. The highest BCUT2D eigenvalue weighted by Gasteiger charge is 2.73. The van der Waals surface area contributed by atoms with Crippen LogP contribution < -0.4 is 10.4 Å². The van der Waals surface area contributed by atoms with Gasteiger partial charge >= 0.3 is 20.1 Å². The zero-order chi connectivity index (χ0) is 18.5. The van der Waals surface area contributed by atoms with Crippen LogP contribution in [0.25, 0.3) is 0 Å². The maximum absolute atomic E-state index is 13.3. The van der Waals surface area contributed by atoms with Crippen LogP contribution in [0.5, 0.6) is 0 Å². The quantitative estimate of drug-likeness (QED) is 0.363. The van der Waals surface area contributed by atoms with E-state index >= 15 is 0 Å². The van der Waals surface area contributed by atoms with Gasteiger partial charge in [0.05, 0.1) is 13.2 Å². The molecule has 12 heteroatoms. The average molecular weight is 374 g/mol. The van der Waals surface area contributed by atoms with Crippen LogP contribution in [0.4, 0.5) is 26.3 Å². The fourth-order valence-electron chi connectivity index (χ4n) is 1.60. The summed E-state index contributed by atoms with van der Waals surface area (Å²) >= 11 is 0. The second-order valence-corrected chi connectivity index (χ2v) is 6.38. The fourth-order valence-corrected chi connectivity index (χ4v) is 3.21. The van der Waals surface area contributed by atoms with Gasteiger partial charge in [0.2, 0.25) is 0 Å². The minimum Gasteiger partial charge on any atom is -0.297 e. The van der Waals surface area contributed by atoms with Crippen molar-refractivity contribution < 1.29 is 40.0 Å². The number of alkyl halides is 6. The first-order valence-corrected chi connectivity index (χ1v) is 8.42. The van der Waals surface area contributed by atoms with Gasteiger partial charge in [-0.05, 0) is 27.2 Å². The van der Waals surface area contributed by atoms with E-state index < -0.39 is 45.0 Å². The maximum Gasteiger partial charge on any atom is 0.429 e. The molecule has 140 valence electrons. The van der Waals surface area contributed by atoms with Crippen LogP contribution in [0.2, 0.25) is 0 Å². The lowest BCUT2D eigenvalue weighted by molar-refractivity contribution is -0.315. The van der Waals surface area contributed by atoms with Crippen LogP contribution in [0.15, 0.2) is 0 Å². The molecule has 0 aliphatic heterocycles. The molecule has 0 aliphatic rings. The van der Waals surface area contributed by atoms with Gasteiger partial charge < -0.3 is 0 Å². The second kappa shape index (κ2) is 8.15. The Morgan fingerprint density at radius 1 is 0.957 bits per heavy atom. The first kappa shape index (κ1) is 22.6. The molecule has 1 atom stereocenters. The molecular formula is C11H21F6N2O3P. The van der Waals surface area contributed by atoms with Crippen molar-refractivity contribution in [1.29, 1.82) is 0 Å². The van der Waals surface area contributed by atoms with Crippen LogP contribution in [0, 0.1) is 0 Å². The molecule has 0 aromatic heterocycles. The van der Waals surface area contributed by atoms with E-state index in [-0.39, 0.29) is 6.42 Å². The van der Waals surface area contributed by atoms with Gasteiger partial charge in [0.25, 0.3) is 5.66 Å². The molecule has 0 amide bonds. The van der Waals surface area contributed by atoms with Crippen LogP contribution >= 0.6 is 7.75 Å². The molecule has 1 unspecified atom stereocenters. The Morgan fingerprint density at radius 2 is 1.35 bits per heavy atom. The number of hydrogen-bond donors (Lipinski definition) is 2. The molecule has 0 bridgehead atoms. The summed E-state index contributed by atoms with van der Waals surface area (Å²) in [5, 5.41) is 2.48. The van der Waals surface area contributed by atoms with Gasteiger partial charge in [-0.1, -0.05) is 6.92 Å². The lowest BCUT2D eigenvalue weighted by atomic mass is 10.1. The van der Waals surface area contributed by atoms with Crippen molar-refractivity contribution in [2.75, 3.05) is 13.2 Å². The molecule has 5 nitrogen and oxygen atoms in total. The molecule has 2 N–H and O–H groups in total. The molecular weight excluding hydrogens is 353 g/mol. The van der Waals surface area contributed by atoms with Crippen molar-refractivity contribution in [2.24, 2.45) is 0 Å². The summed E-state index contributed by atoms with van der Waals surface area (Å²) in [6.45, 7) is 4.26. The number of rotatable bonds is 9. The summed E-state index contributed by atoms with van der Waals surface area (Å²) < 4.78 is 101. The zero-order valence-electron chi connectivity index (χ0n) is 13.1. The predicted octanol–water partition coefficient (Wildman–Crippen LogP) is 3.97. The Kier molecular flexibility index (Phi) is 8.03. The zero-order valence-corrected chi connectivity index (χ0v) is 14.0. The van der Waals surface area contributed by atoms with Gasteiger partial charge in [-0.3, -0.25) is 14.4 Å². The van der Waals surface area contributed by atoms with Crippen LogP contribution in [0.1, 0.15) is 34.1 Å². The normalized spacial score (nSPS) is 15.7. The van der Waals surface area contributed by atoms with Gasteiger partial charge in [-0.25, -0.2) is 4.57 Å². The highest BCUT2D eigenvalue weighted by atomic mass is 31.2. The SMILES string of the molecule is CCOP(=O)(NC(NC(C)CC)(C(F)(F)F)C(F)(F)F)OCC. The van der Waals surface area contributed by atoms with E-state index in [2.05, 4.69) is 9.05 Å². The van der Waals surface area contributed by atoms with E-state index in [0.717, 1.165) is 12.0 Å². The van der Waals surface area contributed by atoms with Gasteiger partial charge in [0, 0.05) is 6.04 Å². The van der Waals surface area contributed by atoms with Crippen molar-refractivity contribution in [2.45, 2.75) is 58.2 Å². The van der Waals surface area contributed by atoms with E-state index in [4.69, 9.17) is 0 Å². The van der Waals surface area contributed by atoms with Crippen LogP contribution in [-0.2, 0) is 13.6 Å². The Labute approximate surface area is 130 Å². The monoisotopic (exact) mass is 374 g/mol. The van der Waals surface area contributed by atoms with Crippen molar-refractivity contribution in [3.05, 3.63) is 0 Å². The lowest BCUT2D eigenvalue weighted by Crippen LogP contribution is -2.74. The third-order valence-electron chi connectivity index (χ3n) is 2.83. The topological polar surface area (TPSA) is 59.6 Å². The van der Waals surface area contributed by atoms with Gasteiger partial charge in [-0.2, -0.15) is 31.4 Å². The van der Waals surface area contributed by atoms with Gasteiger partial charge in [-0.15, -0.1) is 0 Å². The third-order valence-corrected chi connectivity index (χ3v) is 4.63. The summed E-state index contributed by atoms with van der Waals surface area (Å²) in [5.74, 6) is 0. The molecule has 0 aliphatic carbocycles. The summed E-state index contributed by atoms with van der Waals surface area (Å²) in [6, 6.07) is -1.18. The van der Waals surface area contributed by atoms with Crippen molar-refractivity contribution in [1.82, 2.24) is 10.4 Å². The largest absolute Gasteiger partial charge is 0.429 e. The van der Waals surface area contributed by atoms with Crippen LogP contribution in [-0.4, -0.2) is 37.3 Å². The molecule has 0 aromatic carbocycles. The minimum atomic E-state index is -5.85. The van der Waals surface area contributed by atoms with E-state index in [1.54, 1.807) is 0 Å². The van der Waals surface area contributed by atoms with E-state index in [9.17, 15) is 30.9 Å². The highest BCUT2D eigenvalue weighted by molar-refractivity contribution is 7.51. The Balaban J connectivity index is 6.05. The van der Waals surface area contributed by atoms with Gasteiger partial charge in [0.1, 0.15) is 0 Å². The van der Waals surface area contributed by atoms with Crippen molar-refractivity contribution in [3.63, 3.8) is 0 Å². The number of nitrogens with one attached hydrogen (secondary N) is 2. The predicted molar refractivity (Wildman–Crippen MR) is 71.7 cm³/mol. The maximum atomic E-state index is 13.3. The number of halogens is 6. The summed E-state index contributed by atoms with van der Waals surface area (Å²) in [5.41, 5.74) is -4.63. The number of hydrogen-bond acceptors (Lipinski definition) is 4. The molecule has 0 saturated heterocycles. The second-order valence-electron chi connectivity index (χ2n) is 4.64. The molecule has 0 rings (SSSR count). The third kappa shape index (κ3) is 5.60. The molecule has 0 aromatic rings. The summed E-state index contributed by atoms with van der Waals surface area (Å²) in [7, 11) is -4.85. The Morgan fingerprint density at radius 3 is 1.61 bits per heavy atom.